The van der Waals surface area contributed by atoms with E-state index in [1.54, 1.807) is 11.9 Å². The largest absolute Gasteiger partial charge is 0.390 e. The molecule has 0 radical (unpaired) electrons. The van der Waals surface area contributed by atoms with Crippen molar-refractivity contribution in [2.75, 3.05) is 20.1 Å². The second-order valence-electron chi connectivity index (χ2n) is 3.83. The van der Waals surface area contributed by atoms with E-state index in [1.807, 2.05) is 0 Å². The summed E-state index contributed by atoms with van der Waals surface area (Å²) in [5, 5.41) is 9.30. The number of benzene rings is 1. The molecule has 5 heteroatoms. The average molecular weight is 230 g/mol. The molecule has 16 heavy (non-hydrogen) atoms. The fraction of sp³-hybridized carbons (Fsp3) is 0.455. The minimum absolute atomic E-state index is 0.183. The van der Waals surface area contributed by atoms with Crippen molar-refractivity contribution in [3.63, 3.8) is 0 Å². The summed E-state index contributed by atoms with van der Waals surface area (Å²) < 4.78 is 25.6. The third kappa shape index (κ3) is 3.84. The Morgan fingerprint density at radius 1 is 1.38 bits per heavy atom. The van der Waals surface area contributed by atoms with Crippen molar-refractivity contribution in [2.45, 2.75) is 12.6 Å². The molecule has 1 rings (SSSR count). The summed E-state index contributed by atoms with van der Waals surface area (Å²) in [6.45, 7) is 1.02. The Morgan fingerprint density at radius 3 is 2.62 bits per heavy atom. The van der Waals surface area contributed by atoms with Gasteiger partial charge in [-0.3, -0.25) is 4.90 Å². The highest BCUT2D eigenvalue weighted by molar-refractivity contribution is 5.17. The van der Waals surface area contributed by atoms with E-state index in [9.17, 15) is 13.9 Å². The molecule has 0 aliphatic heterocycles. The molecule has 3 nitrogen and oxygen atoms in total. The van der Waals surface area contributed by atoms with E-state index < -0.39 is 17.7 Å². The van der Waals surface area contributed by atoms with Gasteiger partial charge in [-0.05, 0) is 24.7 Å². The number of likely N-dealkylation sites (N-methyl/N-ethyl adjacent to an activating group) is 1. The maximum atomic E-state index is 12.9. The lowest BCUT2D eigenvalue weighted by Crippen LogP contribution is -2.33. The highest BCUT2D eigenvalue weighted by atomic mass is 19.2. The molecule has 0 aromatic heterocycles. The molecular weight excluding hydrogens is 214 g/mol. The Kier molecular flexibility index (Phi) is 4.79. The van der Waals surface area contributed by atoms with Gasteiger partial charge in [0.1, 0.15) is 0 Å². The molecule has 1 aromatic rings. The SMILES string of the molecule is CN(Cc1ccc(F)c(F)c1)CC(O)CN. The summed E-state index contributed by atoms with van der Waals surface area (Å²) in [4.78, 5) is 1.80. The lowest BCUT2D eigenvalue weighted by molar-refractivity contribution is 0.129. The summed E-state index contributed by atoms with van der Waals surface area (Å²) in [5.74, 6) is -1.71. The van der Waals surface area contributed by atoms with Crippen LogP contribution in [0, 0.1) is 11.6 Å². The zero-order valence-electron chi connectivity index (χ0n) is 9.16. The molecule has 0 saturated heterocycles. The Balaban J connectivity index is 2.56. The number of aliphatic hydroxyl groups is 1. The van der Waals surface area contributed by atoms with Crippen molar-refractivity contribution >= 4 is 0 Å². The van der Waals surface area contributed by atoms with Gasteiger partial charge in [-0.1, -0.05) is 6.07 Å². The fourth-order valence-corrected chi connectivity index (χ4v) is 1.45. The van der Waals surface area contributed by atoms with E-state index in [0.29, 0.717) is 18.7 Å². The Morgan fingerprint density at radius 2 is 2.06 bits per heavy atom. The van der Waals surface area contributed by atoms with Crippen LogP contribution in [0.5, 0.6) is 0 Å². The van der Waals surface area contributed by atoms with Crippen LogP contribution in [0.4, 0.5) is 8.78 Å². The number of nitrogens with two attached hydrogens (primary N) is 1. The molecule has 1 unspecified atom stereocenters. The molecule has 0 aliphatic carbocycles. The Bertz CT molecular complexity index is 347. The smallest absolute Gasteiger partial charge is 0.159 e. The second-order valence-corrected chi connectivity index (χ2v) is 3.83. The first kappa shape index (κ1) is 13.0. The van der Waals surface area contributed by atoms with Gasteiger partial charge in [0, 0.05) is 19.6 Å². The van der Waals surface area contributed by atoms with Crippen molar-refractivity contribution < 1.29 is 13.9 Å². The normalized spacial score (nSPS) is 13.1. The molecule has 3 N–H and O–H groups in total. The topological polar surface area (TPSA) is 49.5 Å². The Hall–Kier alpha value is -1.04. The van der Waals surface area contributed by atoms with Gasteiger partial charge in [-0.25, -0.2) is 8.78 Å². The quantitative estimate of drug-likeness (QED) is 0.783. The maximum absolute atomic E-state index is 12.9. The number of rotatable bonds is 5. The summed E-state index contributed by atoms with van der Waals surface area (Å²) in [5.41, 5.74) is 5.93. The Labute approximate surface area is 93.5 Å². The van der Waals surface area contributed by atoms with Crippen LogP contribution in [-0.2, 0) is 6.54 Å². The van der Waals surface area contributed by atoms with Gasteiger partial charge in [0.15, 0.2) is 11.6 Å². The first-order valence-corrected chi connectivity index (χ1v) is 5.03. The van der Waals surface area contributed by atoms with Crippen molar-refractivity contribution in [2.24, 2.45) is 5.73 Å². The molecule has 1 aromatic carbocycles. The lowest BCUT2D eigenvalue weighted by Gasteiger charge is -2.19. The van der Waals surface area contributed by atoms with E-state index in [0.717, 1.165) is 12.1 Å². The van der Waals surface area contributed by atoms with E-state index in [2.05, 4.69) is 0 Å². The standard InChI is InChI=1S/C11H16F2N2O/c1-15(7-9(16)5-14)6-8-2-3-10(12)11(13)4-8/h2-4,9,16H,5-7,14H2,1H3. The van der Waals surface area contributed by atoms with Gasteiger partial charge in [0.2, 0.25) is 0 Å². The molecule has 90 valence electrons. The number of nitrogens with zero attached hydrogens (tertiary/aromatic N) is 1. The summed E-state index contributed by atoms with van der Waals surface area (Å²) >= 11 is 0. The van der Waals surface area contributed by atoms with Crippen LogP contribution in [-0.4, -0.2) is 36.2 Å². The molecule has 0 bridgehead atoms. The van der Waals surface area contributed by atoms with Gasteiger partial charge < -0.3 is 10.8 Å². The van der Waals surface area contributed by atoms with Crippen LogP contribution in [0.15, 0.2) is 18.2 Å². The minimum Gasteiger partial charge on any atom is -0.390 e. The maximum Gasteiger partial charge on any atom is 0.159 e. The summed E-state index contributed by atoms with van der Waals surface area (Å²) in [7, 11) is 1.78. The van der Waals surface area contributed by atoms with E-state index >= 15 is 0 Å². The highest BCUT2D eigenvalue weighted by Gasteiger charge is 2.08. The number of hydrogen-bond donors (Lipinski definition) is 2. The van der Waals surface area contributed by atoms with Gasteiger partial charge >= 0.3 is 0 Å². The summed E-state index contributed by atoms with van der Waals surface area (Å²) in [6.07, 6.45) is -0.602. The molecule has 0 amide bonds. The lowest BCUT2D eigenvalue weighted by atomic mass is 10.2. The molecule has 1 atom stereocenters. The monoisotopic (exact) mass is 230 g/mol. The number of halogens is 2. The molecule has 0 aliphatic rings. The fourth-order valence-electron chi connectivity index (χ4n) is 1.45. The van der Waals surface area contributed by atoms with Gasteiger partial charge in [-0.2, -0.15) is 0 Å². The van der Waals surface area contributed by atoms with Crippen LogP contribution < -0.4 is 5.73 Å². The van der Waals surface area contributed by atoms with E-state index in [1.165, 1.54) is 6.07 Å². The zero-order chi connectivity index (χ0) is 12.1. The first-order valence-electron chi connectivity index (χ1n) is 5.03. The second kappa shape index (κ2) is 5.89. The summed E-state index contributed by atoms with van der Waals surface area (Å²) in [6, 6.07) is 3.77. The van der Waals surface area contributed by atoms with E-state index in [-0.39, 0.29) is 6.54 Å². The van der Waals surface area contributed by atoms with E-state index in [4.69, 9.17) is 5.73 Å². The molecule has 0 heterocycles. The molecule has 0 spiro atoms. The van der Waals surface area contributed by atoms with Gasteiger partial charge in [0.25, 0.3) is 0 Å². The number of hydrogen-bond acceptors (Lipinski definition) is 3. The first-order chi connectivity index (χ1) is 7.52. The predicted molar refractivity (Wildman–Crippen MR) is 57.8 cm³/mol. The third-order valence-electron chi connectivity index (χ3n) is 2.23. The number of aliphatic hydroxyl groups excluding tert-OH is 1. The van der Waals surface area contributed by atoms with Gasteiger partial charge in [-0.15, -0.1) is 0 Å². The highest BCUT2D eigenvalue weighted by Crippen LogP contribution is 2.10. The van der Waals surface area contributed by atoms with Crippen molar-refractivity contribution in [3.05, 3.63) is 35.4 Å². The molecule has 0 fully saturated rings. The predicted octanol–water partition coefficient (Wildman–Crippen LogP) is 0.716. The average Bonchev–Trinajstić information content (AvgIpc) is 2.23. The van der Waals surface area contributed by atoms with Crippen molar-refractivity contribution in [1.82, 2.24) is 4.90 Å². The van der Waals surface area contributed by atoms with Crippen LogP contribution in [0.3, 0.4) is 0 Å². The molecular formula is C11H16F2N2O. The zero-order valence-corrected chi connectivity index (χ0v) is 9.16. The van der Waals surface area contributed by atoms with Gasteiger partial charge in [0.05, 0.1) is 6.10 Å². The third-order valence-corrected chi connectivity index (χ3v) is 2.23. The van der Waals surface area contributed by atoms with Crippen molar-refractivity contribution in [1.29, 1.82) is 0 Å². The van der Waals surface area contributed by atoms with Crippen LogP contribution in [0.25, 0.3) is 0 Å². The van der Waals surface area contributed by atoms with Crippen LogP contribution in [0.1, 0.15) is 5.56 Å². The minimum atomic E-state index is -0.856. The van der Waals surface area contributed by atoms with Crippen LogP contribution in [0.2, 0.25) is 0 Å². The molecule has 0 saturated carbocycles. The van der Waals surface area contributed by atoms with Crippen LogP contribution >= 0.6 is 0 Å². The van der Waals surface area contributed by atoms with Crippen molar-refractivity contribution in [3.8, 4) is 0 Å².